The molecule has 0 fully saturated rings. The predicted molar refractivity (Wildman–Crippen MR) is 52.2 cm³/mol. The first-order valence-corrected chi connectivity index (χ1v) is 4.66. The predicted octanol–water partition coefficient (Wildman–Crippen LogP) is 2.42. The molecular formula is C9H13NS. The van der Waals surface area contributed by atoms with Crippen molar-refractivity contribution < 1.29 is 0 Å². The highest BCUT2D eigenvalue weighted by molar-refractivity contribution is 8.03. The third-order valence-corrected chi connectivity index (χ3v) is 2.83. The van der Waals surface area contributed by atoms with Crippen LogP contribution in [-0.4, -0.2) is 5.25 Å². The Kier molecular flexibility index (Phi) is 2.83. The fourth-order valence-corrected chi connectivity index (χ4v) is 2.01. The monoisotopic (exact) mass is 167 g/mol. The van der Waals surface area contributed by atoms with Crippen LogP contribution in [0.4, 0.5) is 0 Å². The molecule has 1 heterocycles. The van der Waals surface area contributed by atoms with E-state index in [9.17, 15) is 0 Å². The van der Waals surface area contributed by atoms with Crippen LogP contribution in [0.3, 0.4) is 0 Å². The van der Waals surface area contributed by atoms with Crippen molar-refractivity contribution in [1.29, 1.82) is 0 Å². The molecule has 1 rings (SSSR count). The second-order valence-electron chi connectivity index (χ2n) is 2.55. The zero-order chi connectivity index (χ0) is 8.27. The molecule has 0 saturated heterocycles. The molecule has 0 radical (unpaired) electrons. The highest BCUT2D eigenvalue weighted by Crippen LogP contribution is 2.31. The van der Waals surface area contributed by atoms with Gasteiger partial charge in [-0.25, -0.2) is 0 Å². The highest BCUT2D eigenvalue weighted by atomic mass is 32.2. The largest absolute Gasteiger partial charge is 0.399 e. The van der Waals surface area contributed by atoms with Crippen molar-refractivity contribution in [3.8, 4) is 0 Å². The molecule has 2 N–H and O–H groups in total. The first kappa shape index (κ1) is 8.47. The van der Waals surface area contributed by atoms with Crippen LogP contribution < -0.4 is 5.73 Å². The topological polar surface area (TPSA) is 26.0 Å². The van der Waals surface area contributed by atoms with E-state index < -0.39 is 0 Å². The van der Waals surface area contributed by atoms with Crippen molar-refractivity contribution in [1.82, 2.24) is 0 Å². The zero-order valence-corrected chi connectivity index (χ0v) is 7.53. The Morgan fingerprint density at radius 1 is 1.91 bits per heavy atom. The Labute approximate surface area is 72.0 Å². The molecule has 1 aliphatic rings. The number of allylic oxidation sites excluding steroid dienone is 2. The number of rotatable bonds is 2. The second kappa shape index (κ2) is 3.67. The lowest BCUT2D eigenvalue weighted by molar-refractivity contribution is 0.953. The maximum Gasteiger partial charge on any atom is 0.0336 e. The summed E-state index contributed by atoms with van der Waals surface area (Å²) in [5, 5.41) is 2.71. The number of thioether (sulfide) groups is 1. The Bertz CT molecular complexity index is 216. The van der Waals surface area contributed by atoms with Crippen molar-refractivity contribution in [2.24, 2.45) is 5.73 Å². The van der Waals surface area contributed by atoms with Crippen molar-refractivity contribution in [3.63, 3.8) is 0 Å². The summed E-state index contributed by atoms with van der Waals surface area (Å²) < 4.78 is 0. The lowest BCUT2D eigenvalue weighted by Crippen LogP contribution is -2.00. The van der Waals surface area contributed by atoms with Gasteiger partial charge in [-0.05, 0) is 23.5 Å². The Hall–Kier alpha value is -0.630. The van der Waals surface area contributed by atoms with Gasteiger partial charge in [-0.1, -0.05) is 19.6 Å². The van der Waals surface area contributed by atoms with Gasteiger partial charge in [0, 0.05) is 10.9 Å². The van der Waals surface area contributed by atoms with E-state index in [0.717, 1.165) is 6.42 Å². The minimum absolute atomic E-state index is 0.593. The van der Waals surface area contributed by atoms with Gasteiger partial charge in [0.05, 0.1) is 0 Å². The maximum atomic E-state index is 5.48. The Morgan fingerprint density at radius 3 is 3.18 bits per heavy atom. The molecule has 11 heavy (non-hydrogen) atoms. The van der Waals surface area contributed by atoms with Crippen LogP contribution in [0.15, 0.2) is 35.4 Å². The molecular weight excluding hydrogens is 154 g/mol. The Balaban J connectivity index is 2.70. The third-order valence-electron chi connectivity index (χ3n) is 1.60. The third kappa shape index (κ3) is 2.15. The lowest BCUT2D eigenvalue weighted by Gasteiger charge is -2.06. The molecule has 2 heteroatoms. The van der Waals surface area contributed by atoms with Gasteiger partial charge in [0.1, 0.15) is 0 Å². The fraction of sp³-hybridized carbons (Fsp3) is 0.333. The molecule has 1 atom stereocenters. The van der Waals surface area contributed by atoms with Gasteiger partial charge in [-0.2, -0.15) is 0 Å². The van der Waals surface area contributed by atoms with E-state index in [-0.39, 0.29) is 0 Å². The summed E-state index contributed by atoms with van der Waals surface area (Å²) in [5.41, 5.74) is 7.42. The summed E-state index contributed by atoms with van der Waals surface area (Å²) in [5.74, 6) is 0. The summed E-state index contributed by atoms with van der Waals surface area (Å²) in [7, 11) is 0. The van der Waals surface area contributed by atoms with Crippen molar-refractivity contribution >= 4 is 11.8 Å². The maximum absolute atomic E-state index is 5.48. The minimum atomic E-state index is 0.593. The van der Waals surface area contributed by atoms with Gasteiger partial charge >= 0.3 is 0 Å². The summed E-state index contributed by atoms with van der Waals surface area (Å²) in [6.07, 6.45) is 5.21. The van der Waals surface area contributed by atoms with Gasteiger partial charge in [0.15, 0.2) is 0 Å². The van der Waals surface area contributed by atoms with E-state index in [2.05, 4.69) is 25.0 Å². The van der Waals surface area contributed by atoms with Crippen LogP contribution in [0.25, 0.3) is 0 Å². The van der Waals surface area contributed by atoms with Gasteiger partial charge in [0.25, 0.3) is 0 Å². The Morgan fingerprint density at radius 2 is 2.64 bits per heavy atom. The average Bonchev–Trinajstić information content (AvgIpc) is 2.34. The standard InChI is InChI=1S/C9H13NS/c1-3-9-8(4-5-11-9)6-7(2)10/h4-6,9H,2-3,10H2,1H3/b8-6-. The number of nitrogens with two attached hydrogens (primary N) is 1. The molecule has 0 aromatic heterocycles. The van der Waals surface area contributed by atoms with E-state index in [1.54, 1.807) is 0 Å². The second-order valence-corrected chi connectivity index (χ2v) is 3.67. The normalized spacial score (nSPS) is 26.3. The molecule has 0 bridgehead atoms. The SMILES string of the molecule is C=C(N)/C=C1/C=CSC1CC. The zero-order valence-electron chi connectivity index (χ0n) is 6.71. The van der Waals surface area contributed by atoms with Gasteiger partial charge in [-0.15, -0.1) is 11.8 Å². The minimum Gasteiger partial charge on any atom is -0.399 e. The van der Waals surface area contributed by atoms with E-state index >= 15 is 0 Å². The molecule has 1 aliphatic heterocycles. The van der Waals surface area contributed by atoms with Crippen molar-refractivity contribution in [2.75, 3.05) is 0 Å². The summed E-state index contributed by atoms with van der Waals surface area (Å²) in [6, 6.07) is 0. The molecule has 0 amide bonds. The lowest BCUT2D eigenvalue weighted by atomic mass is 10.1. The summed E-state index contributed by atoms with van der Waals surface area (Å²) in [6.45, 7) is 5.82. The van der Waals surface area contributed by atoms with Crippen LogP contribution in [0.1, 0.15) is 13.3 Å². The summed E-state index contributed by atoms with van der Waals surface area (Å²) >= 11 is 1.85. The van der Waals surface area contributed by atoms with Crippen LogP contribution in [0.2, 0.25) is 0 Å². The molecule has 0 saturated carbocycles. The molecule has 60 valence electrons. The van der Waals surface area contributed by atoms with Gasteiger partial charge < -0.3 is 5.73 Å². The van der Waals surface area contributed by atoms with E-state index in [1.165, 1.54) is 5.57 Å². The fourth-order valence-electron chi connectivity index (χ4n) is 1.09. The molecule has 0 aliphatic carbocycles. The van der Waals surface area contributed by atoms with Crippen molar-refractivity contribution in [3.05, 3.63) is 35.4 Å². The van der Waals surface area contributed by atoms with Gasteiger partial charge in [0.2, 0.25) is 0 Å². The molecule has 0 aromatic carbocycles. The number of hydrogen-bond acceptors (Lipinski definition) is 2. The highest BCUT2D eigenvalue weighted by Gasteiger charge is 2.13. The van der Waals surface area contributed by atoms with Crippen LogP contribution in [0.5, 0.6) is 0 Å². The molecule has 0 spiro atoms. The average molecular weight is 167 g/mol. The number of hydrogen-bond donors (Lipinski definition) is 1. The smallest absolute Gasteiger partial charge is 0.0336 e. The molecule has 1 nitrogen and oxygen atoms in total. The van der Waals surface area contributed by atoms with Crippen LogP contribution in [-0.2, 0) is 0 Å². The first-order valence-electron chi connectivity index (χ1n) is 3.72. The quantitative estimate of drug-likeness (QED) is 0.683. The first-order chi connectivity index (χ1) is 5.24. The molecule has 1 unspecified atom stereocenters. The molecule has 0 aromatic rings. The van der Waals surface area contributed by atoms with Crippen LogP contribution >= 0.6 is 11.8 Å². The van der Waals surface area contributed by atoms with Gasteiger partial charge in [-0.3, -0.25) is 0 Å². The van der Waals surface area contributed by atoms with E-state index in [4.69, 9.17) is 5.73 Å². The van der Waals surface area contributed by atoms with Crippen LogP contribution in [0, 0.1) is 0 Å². The van der Waals surface area contributed by atoms with E-state index in [0.29, 0.717) is 10.9 Å². The van der Waals surface area contributed by atoms with Crippen molar-refractivity contribution in [2.45, 2.75) is 18.6 Å². The summed E-state index contributed by atoms with van der Waals surface area (Å²) in [4.78, 5) is 0. The van der Waals surface area contributed by atoms with E-state index in [1.807, 2.05) is 17.8 Å².